The van der Waals surface area contributed by atoms with Crippen LogP contribution in [-0.2, 0) is 0 Å². The highest BCUT2D eigenvalue weighted by Gasteiger charge is 2.47. The Labute approximate surface area is 111 Å². The summed E-state index contributed by atoms with van der Waals surface area (Å²) in [6, 6.07) is 0. The predicted molar refractivity (Wildman–Crippen MR) is 76.1 cm³/mol. The second kappa shape index (κ2) is 3.85. The van der Waals surface area contributed by atoms with Crippen molar-refractivity contribution < 1.29 is 0 Å². The predicted octanol–water partition coefficient (Wildman–Crippen LogP) is 4.75. The highest BCUT2D eigenvalue weighted by atomic mass is 14.5. The molecule has 0 nitrogen and oxygen atoms in total. The summed E-state index contributed by atoms with van der Waals surface area (Å²) in [5.41, 5.74) is 3.82. The van der Waals surface area contributed by atoms with Crippen molar-refractivity contribution >= 4 is 0 Å². The summed E-state index contributed by atoms with van der Waals surface area (Å²) in [6.07, 6.45) is 13.0. The van der Waals surface area contributed by atoms with Gasteiger partial charge in [-0.05, 0) is 74.0 Å². The van der Waals surface area contributed by atoms with E-state index in [1.807, 2.05) is 11.1 Å². The first-order valence-corrected chi connectivity index (χ1v) is 7.77. The Hall–Kier alpha value is -0.780. The molecule has 4 rings (SSSR count). The molecule has 0 radical (unpaired) electrons. The zero-order valence-electron chi connectivity index (χ0n) is 11.3. The van der Waals surface area contributed by atoms with Crippen LogP contribution < -0.4 is 0 Å². The average Bonchev–Trinajstić information content (AvgIpc) is 3.14. The van der Waals surface area contributed by atoms with Crippen LogP contribution in [0.15, 0.2) is 36.5 Å². The molecular weight excluding hydrogens is 216 g/mol. The van der Waals surface area contributed by atoms with E-state index >= 15 is 0 Å². The molecule has 0 aromatic heterocycles. The number of hydrogen-bond donors (Lipinski definition) is 0. The zero-order chi connectivity index (χ0) is 12.3. The van der Waals surface area contributed by atoms with Crippen LogP contribution >= 0.6 is 0 Å². The summed E-state index contributed by atoms with van der Waals surface area (Å²) in [5.74, 6) is 5.44. The second-order valence-corrected chi connectivity index (χ2v) is 7.11. The van der Waals surface area contributed by atoms with Crippen molar-refractivity contribution in [2.75, 3.05) is 0 Å². The monoisotopic (exact) mass is 240 g/mol. The molecule has 96 valence electrons. The minimum Gasteiger partial charge on any atom is -0.103 e. The van der Waals surface area contributed by atoms with Gasteiger partial charge in [-0.25, -0.2) is 0 Å². The first-order valence-electron chi connectivity index (χ1n) is 7.77. The second-order valence-electron chi connectivity index (χ2n) is 7.11. The van der Waals surface area contributed by atoms with E-state index in [1.54, 1.807) is 0 Å². The minimum atomic E-state index is 0.832. The lowest BCUT2D eigenvalue weighted by molar-refractivity contribution is 0.422. The van der Waals surface area contributed by atoms with E-state index in [1.165, 1.54) is 38.5 Å². The van der Waals surface area contributed by atoms with Gasteiger partial charge in [0.25, 0.3) is 0 Å². The molecule has 0 heteroatoms. The van der Waals surface area contributed by atoms with Crippen LogP contribution in [-0.4, -0.2) is 0 Å². The molecule has 0 aliphatic heterocycles. The molecule has 4 aliphatic rings. The van der Waals surface area contributed by atoms with Crippen LogP contribution in [0.1, 0.15) is 38.5 Å². The van der Waals surface area contributed by atoms with E-state index in [0.717, 1.165) is 35.5 Å². The number of fused-ring (bicyclic) bond motifs is 4. The maximum Gasteiger partial charge on any atom is -0.0192 e. The fraction of sp³-hybridized carbons (Fsp3) is 0.667. The smallest absolute Gasteiger partial charge is 0.0192 e. The van der Waals surface area contributed by atoms with Crippen molar-refractivity contribution in [3.05, 3.63) is 36.5 Å². The van der Waals surface area contributed by atoms with Crippen LogP contribution in [0.4, 0.5) is 0 Å². The van der Waals surface area contributed by atoms with Gasteiger partial charge in [-0.2, -0.15) is 0 Å². The number of rotatable bonds is 2. The summed E-state index contributed by atoms with van der Waals surface area (Å²) in [4.78, 5) is 0. The van der Waals surface area contributed by atoms with Crippen molar-refractivity contribution in [1.29, 1.82) is 0 Å². The van der Waals surface area contributed by atoms with Crippen molar-refractivity contribution in [2.24, 2.45) is 35.5 Å². The Morgan fingerprint density at radius 2 is 1.17 bits per heavy atom. The molecular formula is C18H24. The van der Waals surface area contributed by atoms with Gasteiger partial charge in [-0.3, -0.25) is 0 Å². The van der Waals surface area contributed by atoms with E-state index in [2.05, 4.69) is 25.3 Å². The molecule has 4 bridgehead atoms. The molecule has 0 saturated heterocycles. The standard InChI is InChI=1S/C18H24/c1-3-11-5-15-7-13(11)9-17(15)18-10-14-8-16(18)6-12(14)4-2/h3-4,11-16H,1-2,5-10H2/b18-17+. The van der Waals surface area contributed by atoms with Crippen molar-refractivity contribution in [1.82, 2.24) is 0 Å². The lowest BCUT2D eigenvalue weighted by Gasteiger charge is -2.27. The highest BCUT2D eigenvalue weighted by Crippen LogP contribution is 2.59. The first kappa shape index (κ1) is 11.1. The zero-order valence-corrected chi connectivity index (χ0v) is 11.3. The normalized spacial score (nSPS) is 53.1. The largest absolute Gasteiger partial charge is 0.103 e. The van der Waals surface area contributed by atoms with Crippen LogP contribution in [0.5, 0.6) is 0 Å². The number of hydrogen-bond acceptors (Lipinski definition) is 0. The maximum absolute atomic E-state index is 4.02. The van der Waals surface area contributed by atoms with Crippen LogP contribution in [0, 0.1) is 35.5 Å². The topological polar surface area (TPSA) is 0 Å². The molecule has 4 aliphatic carbocycles. The molecule has 6 atom stereocenters. The fourth-order valence-electron chi connectivity index (χ4n) is 5.62. The molecule has 0 aromatic rings. The average molecular weight is 240 g/mol. The summed E-state index contributed by atoms with van der Waals surface area (Å²) in [5, 5.41) is 0. The van der Waals surface area contributed by atoms with Gasteiger partial charge in [0.05, 0.1) is 0 Å². The molecule has 0 amide bonds. The molecule has 0 N–H and O–H groups in total. The van der Waals surface area contributed by atoms with Gasteiger partial charge in [0.15, 0.2) is 0 Å². The molecule has 4 fully saturated rings. The number of allylic oxidation sites excluding steroid dienone is 4. The highest BCUT2D eigenvalue weighted by molar-refractivity contribution is 5.32. The fourth-order valence-corrected chi connectivity index (χ4v) is 5.62. The molecule has 4 saturated carbocycles. The quantitative estimate of drug-likeness (QED) is 0.611. The van der Waals surface area contributed by atoms with Crippen molar-refractivity contribution in [2.45, 2.75) is 38.5 Å². The summed E-state index contributed by atoms with van der Waals surface area (Å²) in [6.45, 7) is 8.03. The molecule has 18 heavy (non-hydrogen) atoms. The van der Waals surface area contributed by atoms with Gasteiger partial charge in [-0.15, -0.1) is 13.2 Å². The Bertz CT molecular complexity index is 387. The lowest BCUT2D eigenvalue weighted by Crippen LogP contribution is -2.15. The van der Waals surface area contributed by atoms with Crippen molar-refractivity contribution in [3.8, 4) is 0 Å². The molecule has 0 heterocycles. The Morgan fingerprint density at radius 1 is 0.722 bits per heavy atom. The third kappa shape index (κ3) is 1.38. The van der Waals surface area contributed by atoms with Gasteiger partial charge in [0, 0.05) is 0 Å². The van der Waals surface area contributed by atoms with Gasteiger partial charge in [0.1, 0.15) is 0 Å². The Balaban J connectivity index is 1.58. The SMILES string of the molecule is C=CC1CC2CC1C/C2=C1/CC2CC1CC2C=C. The lowest BCUT2D eigenvalue weighted by atomic mass is 9.78. The van der Waals surface area contributed by atoms with E-state index in [-0.39, 0.29) is 0 Å². The summed E-state index contributed by atoms with van der Waals surface area (Å²) in [7, 11) is 0. The Morgan fingerprint density at radius 3 is 1.44 bits per heavy atom. The molecule has 0 spiro atoms. The van der Waals surface area contributed by atoms with Crippen molar-refractivity contribution in [3.63, 3.8) is 0 Å². The van der Waals surface area contributed by atoms with Gasteiger partial charge in [-0.1, -0.05) is 23.3 Å². The third-order valence-corrected chi connectivity index (χ3v) is 6.47. The first-order chi connectivity index (χ1) is 8.80. The van der Waals surface area contributed by atoms with E-state index in [9.17, 15) is 0 Å². The van der Waals surface area contributed by atoms with E-state index < -0.39 is 0 Å². The Kier molecular flexibility index (Phi) is 2.37. The van der Waals surface area contributed by atoms with Crippen LogP contribution in [0.2, 0.25) is 0 Å². The van der Waals surface area contributed by atoms with Gasteiger partial charge >= 0.3 is 0 Å². The van der Waals surface area contributed by atoms with Crippen LogP contribution in [0.25, 0.3) is 0 Å². The van der Waals surface area contributed by atoms with Crippen LogP contribution in [0.3, 0.4) is 0 Å². The summed E-state index contributed by atoms with van der Waals surface area (Å²) < 4.78 is 0. The minimum absolute atomic E-state index is 0.832. The molecule has 0 aromatic carbocycles. The van der Waals surface area contributed by atoms with Gasteiger partial charge in [0.2, 0.25) is 0 Å². The van der Waals surface area contributed by atoms with Gasteiger partial charge < -0.3 is 0 Å². The van der Waals surface area contributed by atoms with E-state index in [0.29, 0.717) is 0 Å². The third-order valence-electron chi connectivity index (χ3n) is 6.47. The van der Waals surface area contributed by atoms with E-state index in [4.69, 9.17) is 0 Å². The maximum atomic E-state index is 4.02. The molecule has 6 unspecified atom stereocenters. The summed E-state index contributed by atoms with van der Waals surface area (Å²) >= 11 is 0.